The van der Waals surface area contributed by atoms with E-state index in [1.165, 1.54) is 6.33 Å². The predicted molar refractivity (Wildman–Crippen MR) is 148 cm³/mol. The van der Waals surface area contributed by atoms with Crippen LogP contribution in [0.3, 0.4) is 0 Å². The van der Waals surface area contributed by atoms with Crippen LogP contribution in [-0.2, 0) is 16.0 Å². The summed E-state index contributed by atoms with van der Waals surface area (Å²) in [6, 6.07) is 7.88. The maximum absolute atomic E-state index is 13.4. The SMILES string of the molecule is COCCN(CCO)CCOc1cc(OC)cc2ncnc(Nc3cc(CC(=O)Nc4cc(F)cc(F)c4)[nH]n3)c12. The van der Waals surface area contributed by atoms with Gasteiger partial charge in [0.05, 0.1) is 37.6 Å². The number of nitrogens with one attached hydrogen (secondary N) is 3. The van der Waals surface area contributed by atoms with Crippen molar-refractivity contribution in [2.75, 3.05) is 64.3 Å². The molecular formula is C27H31F2N7O5. The largest absolute Gasteiger partial charge is 0.497 e. The number of aliphatic hydroxyl groups is 1. The van der Waals surface area contributed by atoms with Crippen molar-refractivity contribution >= 4 is 34.1 Å². The number of nitrogens with zero attached hydrogens (tertiary/aromatic N) is 4. The number of anilines is 3. The molecule has 0 unspecified atom stereocenters. The average Bonchev–Trinajstić information content (AvgIpc) is 3.37. The second-order valence-corrected chi connectivity index (χ2v) is 8.93. The summed E-state index contributed by atoms with van der Waals surface area (Å²) in [6.07, 6.45) is 1.27. The van der Waals surface area contributed by atoms with Gasteiger partial charge >= 0.3 is 0 Å². The molecule has 0 radical (unpaired) electrons. The molecule has 4 N–H and O–H groups in total. The molecule has 0 atom stereocenters. The van der Waals surface area contributed by atoms with Crippen molar-refractivity contribution in [3.05, 3.63) is 60.1 Å². The van der Waals surface area contributed by atoms with E-state index in [9.17, 15) is 18.7 Å². The van der Waals surface area contributed by atoms with Crippen LogP contribution in [-0.4, -0.2) is 89.8 Å². The summed E-state index contributed by atoms with van der Waals surface area (Å²) < 4.78 is 43.5. The number of fused-ring (bicyclic) bond motifs is 1. The minimum absolute atomic E-state index is 0.0129. The first-order valence-corrected chi connectivity index (χ1v) is 12.7. The van der Waals surface area contributed by atoms with E-state index in [2.05, 4.69) is 30.8 Å². The summed E-state index contributed by atoms with van der Waals surface area (Å²) in [5.74, 6) is -0.247. The highest BCUT2D eigenvalue weighted by molar-refractivity contribution is 5.96. The lowest BCUT2D eigenvalue weighted by atomic mass is 10.2. The lowest BCUT2D eigenvalue weighted by Gasteiger charge is -2.21. The Bertz CT molecular complexity index is 1450. The van der Waals surface area contributed by atoms with Crippen LogP contribution in [0.4, 0.5) is 26.1 Å². The van der Waals surface area contributed by atoms with E-state index in [1.54, 1.807) is 32.4 Å². The second-order valence-electron chi connectivity index (χ2n) is 8.93. The van der Waals surface area contributed by atoms with Gasteiger partial charge in [-0.15, -0.1) is 0 Å². The van der Waals surface area contributed by atoms with E-state index < -0.39 is 17.5 Å². The number of benzene rings is 2. The van der Waals surface area contributed by atoms with Crippen LogP contribution in [0, 0.1) is 11.6 Å². The fourth-order valence-electron chi connectivity index (χ4n) is 4.08. The van der Waals surface area contributed by atoms with Crippen LogP contribution in [0.1, 0.15) is 5.69 Å². The van der Waals surface area contributed by atoms with Gasteiger partial charge in [-0.05, 0) is 12.1 Å². The van der Waals surface area contributed by atoms with E-state index in [4.69, 9.17) is 14.2 Å². The number of aromatic nitrogens is 4. The molecule has 0 saturated heterocycles. The molecule has 0 aliphatic rings. The van der Waals surface area contributed by atoms with Crippen molar-refractivity contribution < 1.29 is 32.9 Å². The molecule has 1 amide bonds. The van der Waals surface area contributed by atoms with Gasteiger partial charge in [0.15, 0.2) is 5.82 Å². The molecule has 0 aliphatic carbocycles. The number of aromatic amines is 1. The van der Waals surface area contributed by atoms with E-state index >= 15 is 0 Å². The minimum atomic E-state index is -0.792. The van der Waals surface area contributed by atoms with Crippen molar-refractivity contribution in [2.24, 2.45) is 0 Å². The smallest absolute Gasteiger partial charge is 0.230 e. The van der Waals surface area contributed by atoms with Crippen LogP contribution in [0.2, 0.25) is 0 Å². The maximum Gasteiger partial charge on any atom is 0.230 e. The molecule has 0 spiro atoms. The Kier molecular flexibility index (Phi) is 10.3. The molecule has 0 fully saturated rings. The first-order valence-electron chi connectivity index (χ1n) is 12.7. The highest BCUT2D eigenvalue weighted by atomic mass is 19.1. The molecule has 2 heterocycles. The quantitative estimate of drug-likeness (QED) is 0.168. The number of aliphatic hydroxyl groups excluding tert-OH is 1. The van der Waals surface area contributed by atoms with E-state index in [0.717, 1.165) is 18.2 Å². The van der Waals surface area contributed by atoms with Crippen molar-refractivity contribution in [2.45, 2.75) is 6.42 Å². The molecule has 0 aliphatic heterocycles. The summed E-state index contributed by atoms with van der Waals surface area (Å²) in [4.78, 5) is 23.1. The molecular weight excluding hydrogens is 540 g/mol. The number of hydrogen-bond donors (Lipinski definition) is 4. The number of carbonyl (C=O) groups excluding carboxylic acids is 1. The molecule has 14 heteroatoms. The van der Waals surface area contributed by atoms with Crippen molar-refractivity contribution in [3.8, 4) is 11.5 Å². The second kappa shape index (κ2) is 14.3. The zero-order valence-corrected chi connectivity index (χ0v) is 22.6. The fourth-order valence-corrected chi connectivity index (χ4v) is 4.08. The van der Waals surface area contributed by atoms with Crippen LogP contribution in [0.15, 0.2) is 42.7 Å². The number of carbonyl (C=O) groups is 1. The van der Waals surface area contributed by atoms with E-state index in [0.29, 0.717) is 72.6 Å². The first kappa shape index (κ1) is 29.6. The first-order chi connectivity index (χ1) is 19.9. The van der Waals surface area contributed by atoms with Gasteiger partial charge in [-0.3, -0.25) is 14.8 Å². The van der Waals surface area contributed by atoms with Crippen LogP contribution < -0.4 is 20.1 Å². The van der Waals surface area contributed by atoms with E-state index in [-0.39, 0.29) is 18.7 Å². The molecule has 218 valence electrons. The molecule has 41 heavy (non-hydrogen) atoms. The van der Waals surface area contributed by atoms with Gasteiger partial charge in [-0.2, -0.15) is 5.10 Å². The molecule has 4 aromatic rings. The molecule has 12 nitrogen and oxygen atoms in total. The number of ether oxygens (including phenoxy) is 3. The van der Waals surface area contributed by atoms with Crippen molar-refractivity contribution in [3.63, 3.8) is 0 Å². The zero-order valence-electron chi connectivity index (χ0n) is 22.6. The minimum Gasteiger partial charge on any atom is -0.497 e. The number of hydrogen-bond acceptors (Lipinski definition) is 10. The predicted octanol–water partition coefficient (Wildman–Crippen LogP) is 2.88. The lowest BCUT2D eigenvalue weighted by Crippen LogP contribution is -2.33. The molecule has 0 bridgehead atoms. The van der Waals surface area contributed by atoms with Gasteiger partial charge < -0.3 is 30.0 Å². The van der Waals surface area contributed by atoms with Gasteiger partial charge in [0.25, 0.3) is 0 Å². The number of halogens is 2. The topological polar surface area (TPSA) is 147 Å². The van der Waals surface area contributed by atoms with Gasteiger partial charge in [0.1, 0.15) is 41.9 Å². The number of amides is 1. The molecule has 4 rings (SSSR count). The van der Waals surface area contributed by atoms with Crippen LogP contribution in [0.25, 0.3) is 10.9 Å². The fraction of sp³-hybridized carbons (Fsp3) is 0.333. The van der Waals surface area contributed by atoms with Gasteiger partial charge in [-0.1, -0.05) is 0 Å². The number of rotatable bonds is 15. The van der Waals surface area contributed by atoms with Crippen molar-refractivity contribution in [1.29, 1.82) is 0 Å². The summed E-state index contributed by atoms with van der Waals surface area (Å²) in [5.41, 5.74) is 1.04. The third-order valence-electron chi connectivity index (χ3n) is 5.98. The Morgan fingerprint density at radius 1 is 1.02 bits per heavy atom. The van der Waals surface area contributed by atoms with Gasteiger partial charge in [0, 0.05) is 62.4 Å². The van der Waals surface area contributed by atoms with Crippen LogP contribution in [0.5, 0.6) is 11.5 Å². The normalized spacial score (nSPS) is 11.2. The Morgan fingerprint density at radius 2 is 1.80 bits per heavy atom. The maximum atomic E-state index is 13.4. The summed E-state index contributed by atoms with van der Waals surface area (Å²) >= 11 is 0. The van der Waals surface area contributed by atoms with Crippen LogP contribution >= 0.6 is 0 Å². The van der Waals surface area contributed by atoms with Gasteiger partial charge in [0.2, 0.25) is 5.91 Å². The van der Waals surface area contributed by atoms with Gasteiger partial charge in [-0.25, -0.2) is 18.7 Å². The third-order valence-corrected chi connectivity index (χ3v) is 5.98. The number of methoxy groups -OCH3 is 2. The Balaban J connectivity index is 1.48. The summed E-state index contributed by atoms with van der Waals surface area (Å²) in [6.45, 7) is 2.54. The third kappa shape index (κ3) is 8.30. The molecule has 0 saturated carbocycles. The monoisotopic (exact) mass is 571 g/mol. The standard InChI is InChI=1S/C27H31F2N7O5/c1-39-7-4-36(3-6-37)5-8-41-23-15-21(40-2)14-22-26(23)27(31-16-30-22)33-24-12-20(34-35-24)13-25(38)32-19-10-17(28)9-18(29)11-19/h9-12,14-16,37H,3-8,13H2,1-2H3,(H,32,38)(H2,30,31,33,34,35). The lowest BCUT2D eigenvalue weighted by molar-refractivity contribution is -0.115. The Hall–Kier alpha value is -4.40. The highest BCUT2D eigenvalue weighted by Crippen LogP contribution is 2.35. The number of H-pyrrole nitrogens is 1. The molecule has 2 aromatic carbocycles. The zero-order chi connectivity index (χ0) is 29.2. The van der Waals surface area contributed by atoms with E-state index in [1.807, 2.05) is 4.90 Å². The molecule has 2 aromatic heterocycles. The summed E-state index contributed by atoms with van der Waals surface area (Å²) in [7, 11) is 3.17. The summed E-state index contributed by atoms with van der Waals surface area (Å²) in [5, 5.41) is 22.5. The Labute approximate surface area is 234 Å². The van der Waals surface area contributed by atoms with Crippen molar-refractivity contribution in [1.82, 2.24) is 25.1 Å². The average molecular weight is 572 g/mol. The highest BCUT2D eigenvalue weighted by Gasteiger charge is 2.16. The Morgan fingerprint density at radius 3 is 2.54 bits per heavy atom.